The first-order valence-electron chi connectivity index (χ1n) is 26.2. The van der Waals surface area contributed by atoms with Gasteiger partial charge in [-0.25, -0.2) is 4.79 Å². The van der Waals surface area contributed by atoms with Gasteiger partial charge in [0, 0.05) is 32.8 Å². The normalized spacial score (nSPS) is 13.9. The largest absolute Gasteiger partial charge is 0.447 e. The molecule has 0 saturated heterocycles. The standard InChI is InChI=1S/C52H97N2O8PS/c1-4-6-8-10-12-14-16-18-20-22-24-26-28-36-42-59-45-48(60-43-37-29-27-25-23-21-19-17-15-13-11-9-7-5-2)46-61-52(57)53-41-35-31-34-40-50(56)54-49(44-55)51(62-63(3,58)64)47-38-32-30-33-39-47/h30,32-33,38-39,48-49,51,55H,4-29,31,34-37,40-46H2,1-3H3,(H,53,57)(H,54,56)(H,58,64). The molecule has 0 fully saturated rings. The van der Waals surface area contributed by atoms with Crippen molar-refractivity contribution < 1.29 is 38.3 Å². The number of hydrogen-bond acceptors (Lipinski definition) is 8. The van der Waals surface area contributed by atoms with Crippen LogP contribution in [0.1, 0.15) is 231 Å². The van der Waals surface area contributed by atoms with Crippen LogP contribution in [0.2, 0.25) is 0 Å². The van der Waals surface area contributed by atoms with Gasteiger partial charge in [-0.1, -0.05) is 218 Å². The summed E-state index contributed by atoms with van der Waals surface area (Å²) < 4.78 is 23.6. The first-order valence-corrected chi connectivity index (χ1v) is 29.4. The van der Waals surface area contributed by atoms with Crippen molar-refractivity contribution in [1.82, 2.24) is 10.6 Å². The van der Waals surface area contributed by atoms with Crippen molar-refractivity contribution in [3.8, 4) is 0 Å². The molecular weight excluding hydrogens is 844 g/mol. The van der Waals surface area contributed by atoms with Crippen molar-refractivity contribution in [3.63, 3.8) is 0 Å². The van der Waals surface area contributed by atoms with Crippen molar-refractivity contribution in [1.29, 1.82) is 0 Å². The number of rotatable bonds is 47. The first kappa shape index (κ1) is 60.4. The maximum absolute atomic E-state index is 12.8. The van der Waals surface area contributed by atoms with E-state index in [0.29, 0.717) is 44.8 Å². The minimum absolute atomic E-state index is 0.145. The topological polar surface area (TPSA) is 136 Å². The second-order valence-corrected chi connectivity index (χ2v) is 22.0. The monoisotopic (exact) mass is 941 g/mol. The number of ether oxygens (including phenoxy) is 3. The third-order valence-corrected chi connectivity index (χ3v) is 12.8. The minimum atomic E-state index is -3.07. The minimum Gasteiger partial charge on any atom is -0.447 e. The number of nitrogens with one attached hydrogen (secondary N) is 2. The number of benzene rings is 1. The van der Waals surface area contributed by atoms with Gasteiger partial charge in [0.2, 0.25) is 5.91 Å². The molecule has 1 rings (SSSR count). The number of amides is 2. The number of alkyl carbamates (subject to hydrolysis) is 1. The third kappa shape index (κ3) is 38.5. The Balaban J connectivity index is 2.33. The Labute approximate surface area is 397 Å². The van der Waals surface area contributed by atoms with Crippen LogP contribution in [-0.4, -0.2) is 80.4 Å². The third-order valence-electron chi connectivity index (χ3n) is 11.9. The molecule has 0 saturated carbocycles. The van der Waals surface area contributed by atoms with Gasteiger partial charge in [0.1, 0.15) is 18.8 Å². The molecule has 0 aromatic heterocycles. The highest BCUT2D eigenvalue weighted by molar-refractivity contribution is 8.09. The molecule has 4 N–H and O–H groups in total. The molecule has 0 aliphatic carbocycles. The molecule has 4 atom stereocenters. The van der Waals surface area contributed by atoms with E-state index < -0.39 is 24.7 Å². The second-order valence-electron chi connectivity index (χ2n) is 18.2. The van der Waals surface area contributed by atoms with Gasteiger partial charge in [0.15, 0.2) is 6.49 Å². The number of carbonyl (C=O) groups excluding carboxylic acids is 2. The lowest BCUT2D eigenvalue weighted by atomic mass is 10.0. The summed E-state index contributed by atoms with van der Waals surface area (Å²) in [5.41, 5.74) is 0.709. The number of aliphatic hydroxyl groups is 1. The van der Waals surface area contributed by atoms with Crippen LogP contribution in [0.3, 0.4) is 0 Å². The first-order chi connectivity index (χ1) is 31.2. The molecule has 0 radical (unpaired) electrons. The molecule has 1 aromatic rings. The molecule has 2 amide bonds. The molecule has 0 aliphatic rings. The highest BCUT2D eigenvalue weighted by Gasteiger charge is 2.28. The fraction of sp³-hybridized carbons (Fsp3) is 0.846. The van der Waals surface area contributed by atoms with Crippen molar-refractivity contribution in [3.05, 3.63) is 35.9 Å². The van der Waals surface area contributed by atoms with E-state index in [4.69, 9.17) is 30.5 Å². The van der Waals surface area contributed by atoms with E-state index in [1.807, 2.05) is 30.3 Å². The SMILES string of the molecule is CCCCCCCCCCCCCCCCOCC(COC(=O)NCCCCCC(=O)NC(CO)C(OP(C)(O)=S)c1ccccc1)OCCCCCCCCCCCCCCCC. The Morgan fingerprint density at radius 2 is 1.08 bits per heavy atom. The Kier molecular flexibility index (Phi) is 41.5. The molecule has 374 valence electrons. The molecule has 0 heterocycles. The second kappa shape index (κ2) is 43.9. The number of unbranched alkanes of at least 4 members (excludes halogenated alkanes) is 28. The van der Waals surface area contributed by atoms with Gasteiger partial charge in [-0.2, -0.15) is 0 Å². The predicted octanol–water partition coefficient (Wildman–Crippen LogP) is 13.8. The van der Waals surface area contributed by atoms with Gasteiger partial charge in [0.25, 0.3) is 0 Å². The summed E-state index contributed by atoms with van der Waals surface area (Å²) in [6.07, 6.45) is 37.7. The summed E-state index contributed by atoms with van der Waals surface area (Å²) in [6, 6.07) is 8.37. The molecular formula is C52H97N2O8PS. The quantitative estimate of drug-likeness (QED) is 0.0372. The summed E-state index contributed by atoms with van der Waals surface area (Å²) in [5.74, 6) is -0.231. The van der Waals surface area contributed by atoms with Crippen LogP contribution in [0.25, 0.3) is 0 Å². The summed E-state index contributed by atoms with van der Waals surface area (Å²) in [5, 5.41) is 15.8. The van der Waals surface area contributed by atoms with Crippen LogP contribution in [0.5, 0.6) is 0 Å². The van der Waals surface area contributed by atoms with E-state index >= 15 is 0 Å². The Bertz CT molecular complexity index is 1240. The summed E-state index contributed by atoms with van der Waals surface area (Å²) in [7, 11) is 0. The van der Waals surface area contributed by atoms with Gasteiger partial charge in [0.05, 0.1) is 19.3 Å². The lowest BCUT2D eigenvalue weighted by Gasteiger charge is -2.29. The van der Waals surface area contributed by atoms with E-state index in [9.17, 15) is 19.6 Å². The fourth-order valence-electron chi connectivity index (χ4n) is 8.02. The van der Waals surface area contributed by atoms with Crippen LogP contribution < -0.4 is 10.6 Å². The summed E-state index contributed by atoms with van der Waals surface area (Å²) in [6.45, 7) is 4.88. The van der Waals surface area contributed by atoms with Crippen molar-refractivity contribution in [2.24, 2.45) is 0 Å². The Morgan fingerprint density at radius 1 is 0.625 bits per heavy atom. The van der Waals surface area contributed by atoms with E-state index in [2.05, 4.69) is 24.5 Å². The lowest BCUT2D eigenvalue weighted by molar-refractivity contribution is -0.123. The number of hydrogen-bond donors (Lipinski definition) is 4. The fourth-order valence-corrected chi connectivity index (χ4v) is 8.99. The average Bonchev–Trinajstić information content (AvgIpc) is 3.28. The van der Waals surface area contributed by atoms with Crippen LogP contribution in [0, 0.1) is 0 Å². The van der Waals surface area contributed by atoms with E-state index in [1.54, 1.807) is 0 Å². The molecule has 0 aliphatic heterocycles. The van der Waals surface area contributed by atoms with E-state index in [1.165, 1.54) is 167 Å². The molecule has 0 spiro atoms. The predicted molar refractivity (Wildman–Crippen MR) is 271 cm³/mol. The summed E-state index contributed by atoms with van der Waals surface area (Å²) >= 11 is 5.11. The van der Waals surface area contributed by atoms with Gasteiger partial charge in [-0.3, -0.25) is 4.79 Å². The Morgan fingerprint density at radius 3 is 1.55 bits per heavy atom. The maximum Gasteiger partial charge on any atom is 0.407 e. The Hall–Kier alpha value is -1.59. The van der Waals surface area contributed by atoms with Crippen molar-refractivity contribution in [2.45, 2.75) is 238 Å². The zero-order valence-electron chi connectivity index (χ0n) is 41.2. The van der Waals surface area contributed by atoms with Crippen molar-refractivity contribution in [2.75, 3.05) is 46.2 Å². The maximum atomic E-state index is 12.8. The van der Waals surface area contributed by atoms with Crippen LogP contribution in [0.15, 0.2) is 30.3 Å². The zero-order chi connectivity index (χ0) is 46.6. The van der Waals surface area contributed by atoms with E-state index in [-0.39, 0.29) is 31.6 Å². The van der Waals surface area contributed by atoms with Crippen LogP contribution >= 0.6 is 6.49 Å². The van der Waals surface area contributed by atoms with Gasteiger partial charge >= 0.3 is 6.09 Å². The summed E-state index contributed by atoms with van der Waals surface area (Å²) in [4.78, 5) is 35.6. The van der Waals surface area contributed by atoms with Crippen LogP contribution in [0.4, 0.5) is 4.79 Å². The zero-order valence-corrected chi connectivity index (χ0v) is 42.9. The van der Waals surface area contributed by atoms with Gasteiger partial charge < -0.3 is 39.4 Å². The van der Waals surface area contributed by atoms with Crippen molar-refractivity contribution >= 4 is 30.3 Å². The van der Waals surface area contributed by atoms with Gasteiger partial charge in [-0.15, -0.1) is 0 Å². The molecule has 12 heteroatoms. The molecule has 1 aromatic carbocycles. The highest BCUT2D eigenvalue weighted by Crippen LogP contribution is 2.44. The molecule has 10 nitrogen and oxygen atoms in total. The molecule has 0 bridgehead atoms. The smallest absolute Gasteiger partial charge is 0.407 e. The number of aliphatic hydroxyl groups excluding tert-OH is 1. The average molecular weight is 941 g/mol. The lowest BCUT2D eigenvalue weighted by Crippen LogP contribution is -2.42. The molecule has 64 heavy (non-hydrogen) atoms. The molecule has 4 unspecified atom stereocenters. The van der Waals surface area contributed by atoms with Crippen LogP contribution in [-0.2, 0) is 35.3 Å². The highest BCUT2D eigenvalue weighted by atomic mass is 32.5. The number of carbonyl (C=O) groups is 2. The van der Waals surface area contributed by atoms with Gasteiger partial charge in [-0.05, 0) is 43.1 Å². The van der Waals surface area contributed by atoms with E-state index in [0.717, 1.165) is 25.7 Å².